The number of urea groups is 1. The summed E-state index contributed by atoms with van der Waals surface area (Å²) in [6, 6.07) is 6.45. The van der Waals surface area contributed by atoms with E-state index < -0.39 is 12.0 Å². The van der Waals surface area contributed by atoms with E-state index in [9.17, 15) is 9.59 Å². The first-order valence-corrected chi connectivity index (χ1v) is 4.90. The second kappa shape index (κ2) is 5.64. The van der Waals surface area contributed by atoms with E-state index in [4.69, 9.17) is 10.8 Å². The van der Waals surface area contributed by atoms with Crippen LogP contribution < -0.4 is 11.2 Å². The predicted octanol–water partition coefficient (Wildman–Crippen LogP) is 0.646. The summed E-state index contributed by atoms with van der Waals surface area (Å²) in [6.45, 7) is 1.94. The number of aryl methyl sites for hydroxylation is 1. The first-order valence-electron chi connectivity index (χ1n) is 4.90. The van der Waals surface area contributed by atoms with Crippen LogP contribution in [0.1, 0.15) is 11.1 Å². The van der Waals surface area contributed by atoms with Crippen LogP contribution in [0.3, 0.4) is 0 Å². The Labute approximate surface area is 98.1 Å². The van der Waals surface area contributed by atoms with Gasteiger partial charge in [-0.15, -0.1) is 0 Å². The summed E-state index contributed by atoms with van der Waals surface area (Å²) in [5, 5.41) is 12.3. The molecule has 6 nitrogen and oxygen atoms in total. The third-order valence-corrected chi connectivity index (χ3v) is 2.04. The molecule has 6 heteroatoms. The van der Waals surface area contributed by atoms with Gasteiger partial charge in [-0.1, -0.05) is 29.8 Å². The molecule has 1 aromatic carbocycles. The average molecular weight is 235 g/mol. The van der Waals surface area contributed by atoms with Gasteiger partial charge in [0.25, 0.3) is 0 Å². The van der Waals surface area contributed by atoms with Crippen molar-refractivity contribution in [3.05, 3.63) is 35.4 Å². The fourth-order valence-corrected chi connectivity index (χ4v) is 1.18. The normalized spacial score (nSPS) is 11.0. The van der Waals surface area contributed by atoms with Crippen molar-refractivity contribution in [3.63, 3.8) is 0 Å². The van der Waals surface area contributed by atoms with Crippen molar-refractivity contribution in [3.8, 4) is 0 Å². The van der Waals surface area contributed by atoms with E-state index in [1.165, 1.54) is 0 Å². The van der Waals surface area contributed by atoms with Crippen molar-refractivity contribution < 1.29 is 14.7 Å². The van der Waals surface area contributed by atoms with Gasteiger partial charge in [-0.25, -0.2) is 15.0 Å². The van der Waals surface area contributed by atoms with Crippen LogP contribution in [0.5, 0.6) is 0 Å². The fourth-order valence-electron chi connectivity index (χ4n) is 1.18. The number of hydrazone groups is 1. The van der Waals surface area contributed by atoms with Gasteiger partial charge in [-0.3, -0.25) is 0 Å². The number of hydrogen-bond donors (Lipinski definition) is 3. The van der Waals surface area contributed by atoms with Gasteiger partial charge in [-0.05, 0) is 12.5 Å². The number of nitrogens with zero attached hydrogens (tertiary/aromatic N) is 1. The number of nitrogens with one attached hydrogen (secondary N) is 1. The second-order valence-electron chi connectivity index (χ2n) is 3.50. The number of carboxylic acid groups (broad SMARTS) is 1. The lowest BCUT2D eigenvalue weighted by Crippen LogP contribution is -2.28. The zero-order valence-electron chi connectivity index (χ0n) is 9.30. The van der Waals surface area contributed by atoms with Gasteiger partial charge in [-0.2, -0.15) is 5.10 Å². The maximum atomic E-state index is 10.9. The molecule has 0 aliphatic heterocycles. The molecule has 0 bridgehead atoms. The highest BCUT2D eigenvalue weighted by Crippen LogP contribution is 2.04. The quantitative estimate of drug-likeness (QED) is 0.527. The zero-order chi connectivity index (χ0) is 12.8. The Kier molecular flexibility index (Phi) is 4.21. The van der Waals surface area contributed by atoms with Crippen molar-refractivity contribution in [2.45, 2.75) is 13.3 Å². The minimum absolute atomic E-state index is 0.121. The van der Waals surface area contributed by atoms with Crippen molar-refractivity contribution in [2.24, 2.45) is 10.8 Å². The second-order valence-corrected chi connectivity index (χ2v) is 3.50. The highest BCUT2D eigenvalue weighted by Gasteiger charge is 2.10. The lowest BCUT2D eigenvalue weighted by Gasteiger charge is -2.02. The van der Waals surface area contributed by atoms with Crippen LogP contribution in [0, 0.1) is 6.92 Å². The molecule has 17 heavy (non-hydrogen) atoms. The van der Waals surface area contributed by atoms with Crippen LogP contribution in [-0.2, 0) is 11.2 Å². The van der Waals surface area contributed by atoms with Crippen LogP contribution in [0.25, 0.3) is 0 Å². The lowest BCUT2D eigenvalue weighted by atomic mass is 10.1. The molecule has 0 aliphatic rings. The van der Waals surface area contributed by atoms with Gasteiger partial charge in [0.1, 0.15) is 5.71 Å². The summed E-state index contributed by atoms with van der Waals surface area (Å²) in [4.78, 5) is 21.3. The number of primary amides is 1. The number of nitrogens with two attached hydrogens (primary N) is 1. The molecule has 0 aliphatic carbocycles. The van der Waals surface area contributed by atoms with Crippen LogP contribution in [0.15, 0.2) is 29.4 Å². The number of aliphatic carboxylic acids is 1. The standard InChI is InChI=1S/C11H13N3O3/c1-7-2-4-8(5-3-7)6-9(10(15)16)13-14-11(12)17/h2-5H,6H2,1H3,(H,15,16)(H3,12,14,17). The molecular weight excluding hydrogens is 222 g/mol. The van der Waals surface area contributed by atoms with Crippen LogP contribution >= 0.6 is 0 Å². The van der Waals surface area contributed by atoms with E-state index in [0.717, 1.165) is 11.1 Å². The number of carbonyl (C=O) groups excluding carboxylic acids is 1. The Morgan fingerprint density at radius 1 is 1.35 bits per heavy atom. The Morgan fingerprint density at radius 2 is 1.94 bits per heavy atom. The van der Waals surface area contributed by atoms with E-state index in [1.54, 1.807) is 12.1 Å². The Hall–Kier alpha value is -2.37. The summed E-state index contributed by atoms with van der Waals surface area (Å²) in [7, 11) is 0. The van der Waals surface area contributed by atoms with E-state index in [2.05, 4.69) is 5.10 Å². The zero-order valence-corrected chi connectivity index (χ0v) is 9.30. The summed E-state index contributed by atoms with van der Waals surface area (Å²) in [6.07, 6.45) is 0.121. The average Bonchev–Trinajstić information content (AvgIpc) is 2.26. The molecule has 2 amide bonds. The summed E-state index contributed by atoms with van der Waals surface area (Å²) < 4.78 is 0. The third kappa shape index (κ3) is 4.33. The van der Waals surface area contributed by atoms with Gasteiger partial charge in [0.15, 0.2) is 0 Å². The Bertz CT molecular complexity index is 452. The number of rotatable bonds is 4. The maximum absolute atomic E-state index is 10.9. The largest absolute Gasteiger partial charge is 0.477 e. The summed E-state index contributed by atoms with van der Waals surface area (Å²) in [5.41, 5.74) is 8.41. The van der Waals surface area contributed by atoms with Crippen molar-refractivity contribution in [1.82, 2.24) is 5.43 Å². The van der Waals surface area contributed by atoms with Gasteiger partial charge >= 0.3 is 12.0 Å². The number of benzene rings is 1. The number of carbonyl (C=O) groups is 2. The van der Waals surface area contributed by atoms with Crippen LogP contribution in [-0.4, -0.2) is 22.8 Å². The monoisotopic (exact) mass is 235 g/mol. The molecule has 0 heterocycles. The third-order valence-electron chi connectivity index (χ3n) is 2.04. The SMILES string of the molecule is Cc1ccc(CC(=NNC(N)=O)C(=O)O)cc1. The topological polar surface area (TPSA) is 105 Å². The highest BCUT2D eigenvalue weighted by atomic mass is 16.4. The molecule has 0 saturated heterocycles. The number of amides is 2. The van der Waals surface area contributed by atoms with Crippen LogP contribution in [0.2, 0.25) is 0 Å². The molecule has 4 N–H and O–H groups in total. The van der Waals surface area contributed by atoms with Crippen molar-refractivity contribution in [2.75, 3.05) is 0 Å². The first-order chi connectivity index (χ1) is 7.99. The van der Waals surface area contributed by atoms with E-state index in [1.807, 2.05) is 24.5 Å². The van der Waals surface area contributed by atoms with Crippen LogP contribution in [0.4, 0.5) is 4.79 Å². The summed E-state index contributed by atoms with van der Waals surface area (Å²) in [5.74, 6) is -1.20. The van der Waals surface area contributed by atoms with Gasteiger partial charge < -0.3 is 10.8 Å². The Morgan fingerprint density at radius 3 is 2.41 bits per heavy atom. The fraction of sp³-hybridized carbons (Fsp3) is 0.182. The summed E-state index contributed by atoms with van der Waals surface area (Å²) >= 11 is 0. The molecule has 1 rings (SSSR count). The molecule has 0 fully saturated rings. The molecule has 0 aromatic heterocycles. The molecular formula is C11H13N3O3. The number of hydrogen-bond acceptors (Lipinski definition) is 3. The molecule has 0 saturated carbocycles. The van der Waals surface area contributed by atoms with E-state index in [0.29, 0.717) is 0 Å². The minimum atomic E-state index is -1.20. The first kappa shape index (κ1) is 12.7. The highest BCUT2D eigenvalue weighted by molar-refractivity contribution is 6.36. The minimum Gasteiger partial charge on any atom is -0.477 e. The molecule has 0 unspecified atom stereocenters. The van der Waals surface area contributed by atoms with Gasteiger partial charge in [0.05, 0.1) is 0 Å². The predicted molar refractivity (Wildman–Crippen MR) is 62.7 cm³/mol. The lowest BCUT2D eigenvalue weighted by molar-refractivity contribution is -0.129. The molecule has 0 spiro atoms. The number of carboxylic acids is 1. The van der Waals surface area contributed by atoms with E-state index in [-0.39, 0.29) is 12.1 Å². The van der Waals surface area contributed by atoms with Crippen molar-refractivity contribution >= 4 is 17.7 Å². The van der Waals surface area contributed by atoms with Gasteiger partial charge in [0, 0.05) is 6.42 Å². The molecule has 90 valence electrons. The van der Waals surface area contributed by atoms with Gasteiger partial charge in [0.2, 0.25) is 0 Å². The van der Waals surface area contributed by atoms with Crippen molar-refractivity contribution in [1.29, 1.82) is 0 Å². The Balaban J connectivity index is 2.80. The molecule has 0 atom stereocenters. The molecule has 1 aromatic rings. The van der Waals surface area contributed by atoms with E-state index >= 15 is 0 Å². The molecule has 0 radical (unpaired) electrons. The smallest absolute Gasteiger partial charge is 0.352 e. The maximum Gasteiger partial charge on any atom is 0.352 e.